The third-order valence-corrected chi connectivity index (χ3v) is 3.52. The molecule has 2 aromatic rings. The first-order valence-electron chi connectivity index (χ1n) is 7.29. The van der Waals surface area contributed by atoms with Gasteiger partial charge in [0.15, 0.2) is 0 Å². The van der Waals surface area contributed by atoms with Crippen LogP contribution < -0.4 is 5.32 Å². The molecule has 1 amide bonds. The Kier molecular flexibility index (Phi) is 5.09. The molecule has 0 aromatic heterocycles. The van der Waals surface area contributed by atoms with Crippen LogP contribution >= 0.6 is 0 Å². The number of amides is 1. The molecule has 2 aromatic carbocycles. The fourth-order valence-electron chi connectivity index (χ4n) is 2.42. The summed E-state index contributed by atoms with van der Waals surface area (Å²) in [5.41, 5.74) is 3.84. The number of para-hydroxylation sites is 1. The van der Waals surface area contributed by atoms with Crippen molar-refractivity contribution in [2.24, 2.45) is 0 Å². The van der Waals surface area contributed by atoms with Crippen molar-refractivity contribution in [3.05, 3.63) is 65.0 Å². The number of hydrogen-bond donors (Lipinski definition) is 1. The molecule has 0 saturated heterocycles. The molecule has 0 aliphatic carbocycles. The Morgan fingerprint density at radius 3 is 2.24 bits per heavy atom. The van der Waals surface area contributed by atoms with E-state index in [2.05, 4.69) is 19.2 Å². The van der Waals surface area contributed by atoms with Gasteiger partial charge in [0.1, 0.15) is 5.82 Å². The molecule has 3 heteroatoms. The van der Waals surface area contributed by atoms with E-state index in [1.54, 1.807) is 12.1 Å². The lowest BCUT2D eigenvalue weighted by Crippen LogP contribution is -2.17. The van der Waals surface area contributed by atoms with Crippen molar-refractivity contribution >= 4 is 11.6 Å². The second-order valence-corrected chi connectivity index (χ2v) is 5.01. The Balaban J connectivity index is 2.16. The summed E-state index contributed by atoms with van der Waals surface area (Å²) >= 11 is 0. The van der Waals surface area contributed by atoms with Gasteiger partial charge in [-0.3, -0.25) is 4.79 Å². The van der Waals surface area contributed by atoms with Gasteiger partial charge in [-0.25, -0.2) is 4.39 Å². The predicted molar refractivity (Wildman–Crippen MR) is 83.9 cm³/mol. The molecule has 0 atom stereocenters. The number of hydrogen-bond acceptors (Lipinski definition) is 1. The molecule has 0 aliphatic rings. The summed E-state index contributed by atoms with van der Waals surface area (Å²) in [6.45, 7) is 4.13. The highest BCUT2D eigenvalue weighted by Gasteiger charge is 2.10. The van der Waals surface area contributed by atoms with Crippen LogP contribution in [0.5, 0.6) is 0 Å². The molecular weight excluding hydrogens is 265 g/mol. The predicted octanol–water partition coefficient (Wildman–Crippen LogP) is 4.13. The van der Waals surface area contributed by atoms with Crippen LogP contribution in [0.2, 0.25) is 0 Å². The summed E-state index contributed by atoms with van der Waals surface area (Å²) in [6, 6.07) is 12.2. The molecule has 0 spiro atoms. The van der Waals surface area contributed by atoms with Crippen molar-refractivity contribution in [2.45, 2.75) is 33.1 Å². The number of aryl methyl sites for hydroxylation is 2. The van der Waals surface area contributed by atoms with Crippen LogP contribution in [0, 0.1) is 5.82 Å². The minimum Gasteiger partial charge on any atom is -0.325 e. The van der Waals surface area contributed by atoms with Crippen molar-refractivity contribution in [1.29, 1.82) is 0 Å². The monoisotopic (exact) mass is 285 g/mol. The highest BCUT2D eigenvalue weighted by atomic mass is 19.1. The number of anilines is 1. The quantitative estimate of drug-likeness (QED) is 0.879. The summed E-state index contributed by atoms with van der Waals surface area (Å²) in [4.78, 5) is 12.2. The van der Waals surface area contributed by atoms with E-state index in [0.29, 0.717) is 5.56 Å². The number of benzene rings is 2. The van der Waals surface area contributed by atoms with Gasteiger partial charge in [0, 0.05) is 5.69 Å². The van der Waals surface area contributed by atoms with E-state index in [1.165, 1.54) is 12.1 Å². The molecule has 0 aliphatic heterocycles. The maximum atomic E-state index is 13.2. The lowest BCUT2D eigenvalue weighted by molar-refractivity contribution is -0.115. The van der Waals surface area contributed by atoms with E-state index >= 15 is 0 Å². The van der Waals surface area contributed by atoms with Crippen LogP contribution in [-0.4, -0.2) is 5.91 Å². The van der Waals surface area contributed by atoms with Gasteiger partial charge in [0.2, 0.25) is 5.91 Å². The fourth-order valence-corrected chi connectivity index (χ4v) is 2.42. The lowest BCUT2D eigenvalue weighted by atomic mass is 10.0. The van der Waals surface area contributed by atoms with E-state index in [-0.39, 0.29) is 18.1 Å². The average Bonchev–Trinajstić information content (AvgIpc) is 2.47. The van der Waals surface area contributed by atoms with Crippen LogP contribution in [0.15, 0.2) is 42.5 Å². The highest BCUT2D eigenvalue weighted by Crippen LogP contribution is 2.22. The van der Waals surface area contributed by atoms with Gasteiger partial charge in [-0.05, 0) is 41.7 Å². The van der Waals surface area contributed by atoms with Crippen molar-refractivity contribution < 1.29 is 9.18 Å². The third-order valence-electron chi connectivity index (χ3n) is 3.52. The maximum Gasteiger partial charge on any atom is 0.228 e. The van der Waals surface area contributed by atoms with E-state index < -0.39 is 0 Å². The smallest absolute Gasteiger partial charge is 0.228 e. The number of carbonyl (C=O) groups is 1. The lowest BCUT2D eigenvalue weighted by Gasteiger charge is -2.14. The van der Waals surface area contributed by atoms with Crippen LogP contribution in [0.4, 0.5) is 10.1 Å². The summed E-state index contributed by atoms with van der Waals surface area (Å²) in [5, 5.41) is 2.99. The number of carbonyl (C=O) groups excluding carboxylic acids is 1. The van der Waals surface area contributed by atoms with Gasteiger partial charge in [0.25, 0.3) is 0 Å². The largest absolute Gasteiger partial charge is 0.325 e. The summed E-state index contributed by atoms with van der Waals surface area (Å²) in [7, 11) is 0. The molecule has 0 unspecified atom stereocenters. The molecule has 0 radical (unpaired) electrons. The Bertz CT molecular complexity index is 615. The van der Waals surface area contributed by atoms with Crippen LogP contribution in [0.1, 0.15) is 30.5 Å². The normalized spacial score (nSPS) is 10.4. The number of nitrogens with one attached hydrogen (secondary N) is 1. The first-order valence-corrected chi connectivity index (χ1v) is 7.29. The summed E-state index contributed by atoms with van der Waals surface area (Å²) in [5.74, 6) is -0.431. The Labute approximate surface area is 125 Å². The van der Waals surface area contributed by atoms with Crippen molar-refractivity contribution in [1.82, 2.24) is 0 Å². The van der Waals surface area contributed by atoms with Gasteiger partial charge in [0.05, 0.1) is 6.42 Å². The molecule has 21 heavy (non-hydrogen) atoms. The zero-order chi connectivity index (χ0) is 15.2. The Morgan fingerprint density at radius 1 is 1.05 bits per heavy atom. The topological polar surface area (TPSA) is 29.1 Å². The Hall–Kier alpha value is -2.16. The molecule has 2 nitrogen and oxygen atoms in total. The van der Waals surface area contributed by atoms with Gasteiger partial charge >= 0.3 is 0 Å². The first-order chi connectivity index (χ1) is 10.1. The molecule has 2 rings (SSSR count). The van der Waals surface area contributed by atoms with Gasteiger partial charge < -0.3 is 5.32 Å². The molecule has 0 saturated carbocycles. The standard InChI is InChI=1S/C18H20FNO/c1-3-14-8-6-9-15(4-2)18(14)20-17(21)12-13-7-5-10-16(19)11-13/h5-11H,3-4,12H2,1-2H3,(H,20,21). The van der Waals surface area contributed by atoms with Crippen molar-refractivity contribution in [3.63, 3.8) is 0 Å². The highest BCUT2D eigenvalue weighted by molar-refractivity contribution is 5.93. The second-order valence-electron chi connectivity index (χ2n) is 5.01. The minimum atomic E-state index is -0.316. The van der Waals surface area contributed by atoms with Crippen molar-refractivity contribution in [2.75, 3.05) is 5.32 Å². The van der Waals surface area contributed by atoms with Crippen molar-refractivity contribution in [3.8, 4) is 0 Å². The van der Waals surface area contributed by atoms with Gasteiger partial charge in [-0.15, -0.1) is 0 Å². The fraction of sp³-hybridized carbons (Fsp3) is 0.278. The number of rotatable bonds is 5. The SMILES string of the molecule is CCc1cccc(CC)c1NC(=O)Cc1cccc(F)c1. The second kappa shape index (κ2) is 7.02. The molecule has 1 N–H and O–H groups in total. The van der Waals surface area contributed by atoms with E-state index in [1.807, 2.05) is 18.2 Å². The molecular formula is C18H20FNO. The van der Waals surface area contributed by atoms with Gasteiger partial charge in [-0.2, -0.15) is 0 Å². The number of halogens is 1. The van der Waals surface area contributed by atoms with E-state index in [0.717, 1.165) is 29.7 Å². The first kappa shape index (κ1) is 15.2. The molecule has 110 valence electrons. The van der Waals surface area contributed by atoms with E-state index in [4.69, 9.17) is 0 Å². The molecule has 0 fully saturated rings. The molecule has 0 heterocycles. The van der Waals surface area contributed by atoms with E-state index in [9.17, 15) is 9.18 Å². The van der Waals surface area contributed by atoms with Gasteiger partial charge in [-0.1, -0.05) is 44.2 Å². The van der Waals surface area contributed by atoms with Crippen LogP contribution in [-0.2, 0) is 24.1 Å². The minimum absolute atomic E-state index is 0.115. The maximum absolute atomic E-state index is 13.2. The molecule has 0 bridgehead atoms. The summed E-state index contributed by atoms with van der Waals surface area (Å²) < 4.78 is 13.2. The zero-order valence-corrected chi connectivity index (χ0v) is 12.4. The van der Waals surface area contributed by atoms with Crippen LogP contribution in [0.3, 0.4) is 0 Å². The third kappa shape index (κ3) is 3.91. The van der Waals surface area contributed by atoms with Crippen LogP contribution in [0.25, 0.3) is 0 Å². The Morgan fingerprint density at radius 2 is 1.67 bits per heavy atom. The zero-order valence-electron chi connectivity index (χ0n) is 12.4. The average molecular weight is 285 g/mol. The summed E-state index contributed by atoms with van der Waals surface area (Å²) in [6.07, 6.45) is 1.91.